The van der Waals surface area contributed by atoms with Crippen LogP contribution in [0.3, 0.4) is 0 Å². The van der Waals surface area contributed by atoms with Gasteiger partial charge in [-0.25, -0.2) is 13.5 Å². The summed E-state index contributed by atoms with van der Waals surface area (Å²) in [5.41, 5.74) is 0.714. The van der Waals surface area contributed by atoms with Gasteiger partial charge < -0.3 is 10.6 Å². The van der Waals surface area contributed by atoms with Gasteiger partial charge in [-0.3, -0.25) is 19.5 Å². The predicted octanol–water partition coefficient (Wildman–Crippen LogP) is 3.18. The van der Waals surface area contributed by atoms with Crippen molar-refractivity contribution in [1.82, 2.24) is 35.5 Å². The Bertz CT molecular complexity index is 1280. The van der Waals surface area contributed by atoms with Crippen LogP contribution in [0.25, 0.3) is 5.69 Å². The van der Waals surface area contributed by atoms with Crippen molar-refractivity contribution in [2.24, 2.45) is 5.92 Å². The van der Waals surface area contributed by atoms with Crippen LogP contribution in [0.4, 0.5) is 8.78 Å². The molecule has 2 aliphatic rings. The SMILES string of the molecule is C[C@@H](NC(=O)[C@H]1CN(C2CCCC2)CC[C@@H]1NC(=O)c1cn(-c2ccc(F)cc2F)nn1)c1ccccn1. The average Bonchev–Trinajstić information content (AvgIpc) is 3.62. The van der Waals surface area contributed by atoms with Crippen molar-refractivity contribution in [1.29, 1.82) is 0 Å². The average molecular weight is 524 g/mol. The molecule has 0 radical (unpaired) electrons. The van der Waals surface area contributed by atoms with Crippen LogP contribution >= 0.6 is 0 Å². The Morgan fingerprint density at radius 3 is 2.66 bits per heavy atom. The number of aromatic nitrogens is 4. The van der Waals surface area contributed by atoms with E-state index in [0.29, 0.717) is 19.0 Å². The number of pyridine rings is 1. The molecular weight excluding hydrogens is 492 g/mol. The first-order valence-electron chi connectivity index (χ1n) is 13.0. The molecular formula is C27H31F2N7O2. The number of hydrogen-bond donors (Lipinski definition) is 2. The molecule has 3 heterocycles. The Morgan fingerprint density at radius 2 is 1.92 bits per heavy atom. The first-order valence-corrected chi connectivity index (χ1v) is 13.0. The standard InChI is InChI=1S/C27H31F2N7O2/c1-17(22-8-4-5-12-30-22)31-26(37)20-15-35(19-6-2-3-7-19)13-11-23(20)32-27(38)24-16-36(34-33-24)25-10-9-18(28)14-21(25)29/h4-5,8-10,12,14,16-17,19-20,23H,2-3,6-7,11,13,15H2,1H3,(H,31,37)(H,32,38)/t17-,20+,23+/m1/s1. The summed E-state index contributed by atoms with van der Waals surface area (Å²) in [6.07, 6.45) is 8.22. The van der Waals surface area contributed by atoms with E-state index in [-0.39, 0.29) is 23.3 Å². The van der Waals surface area contributed by atoms with Crippen molar-refractivity contribution in [3.8, 4) is 5.69 Å². The molecule has 0 bridgehead atoms. The molecule has 9 nitrogen and oxygen atoms in total. The van der Waals surface area contributed by atoms with Crippen molar-refractivity contribution in [2.75, 3.05) is 13.1 Å². The third-order valence-electron chi connectivity index (χ3n) is 7.51. The maximum absolute atomic E-state index is 14.2. The molecule has 1 saturated heterocycles. The van der Waals surface area contributed by atoms with Gasteiger partial charge in [-0.15, -0.1) is 5.10 Å². The van der Waals surface area contributed by atoms with Gasteiger partial charge in [0.15, 0.2) is 11.5 Å². The Hall–Kier alpha value is -3.73. The summed E-state index contributed by atoms with van der Waals surface area (Å²) in [6.45, 7) is 3.21. The smallest absolute Gasteiger partial charge is 0.273 e. The molecule has 2 fully saturated rings. The molecule has 3 aromatic rings. The zero-order valence-corrected chi connectivity index (χ0v) is 21.2. The number of benzene rings is 1. The molecule has 0 spiro atoms. The number of amides is 2. The second kappa shape index (κ2) is 11.3. The van der Waals surface area contributed by atoms with E-state index in [1.54, 1.807) is 6.20 Å². The number of carbonyl (C=O) groups is 2. The summed E-state index contributed by atoms with van der Waals surface area (Å²) in [7, 11) is 0. The van der Waals surface area contributed by atoms with Crippen LogP contribution in [-0.4, -0.2) is 61.9 Å². The second-order valence-electron chi connectivity index (χ2n) is 10.0. The molecule has 2 aromatic heterocycles. The van der Waals surface area contributed by atoms with Gasteiger partial charge in [0.1, 0.15) is 11.5 Å². The lowest BCUT2D eigenvalue weighted by Crippen LogP contribution is -2.57. The van der Waals surface area contributed by atoms with E-state index in [9.17, 15) is 18.4 Å². The molecule has 5 rings (SSSR count). The summed E-state index contributed by atoms with van der Waals surface area (Å²) in [5, 5.41) is 13.8. The van der Waals surface area contributed by atoms with Crippen molar-refractivity contribution in [2.45, 2.75) is 57.2 Å². The highest BCUT2D eigenvalue weighted by molar-refractivity contribution is 5.92. The lowest BCUT2D eigenvalue weighted by Gasteiger charge is -2.41. The fraction of sp³-hybridized carbons (Fsp3) is 0.444. The molecule has 38 heavy (non-hydrogen) atoms. The molecule has 3 atom stereocenters. The molecule has 0 unspecified atom stereocenters. The molecule has 200 valence electrons. The largest absolute Gasteiger partial charge is 0.348 e. The maximum atomic E-state index is 14.2. The Morgan fingerprint density at radius 1 is 1.11 bits per heavy atom. The Balaban J connectivity index is 1.30. The van der Waals surface area contributed by atoms with E-state index in [1.807, 2.05) is 25.1 Å². The van der Waals surface area contributed by atoms with Gasteiger partial charge in [0, 0.05) is 37.4 Å². The normalized spacial score (nSPS) is 21.2. The minimum atomic E-state index is -0.820. The number of likely N-dealkylation sites (tertiary alicyclic amines) is 1. The fourth-order valence-corrected chi connectivity index (χ4v) is 5.44. The van der Waals surface area contributed by atoms with Gasteiger partial charge in [0.25, 0.3) is 5.91 Å². The maximum Gasteiger partial charge on any atom is 0.273 e. The highest BCUT2D eigenvalue weighted by atomic mass is 19.1. The molecule has 2 N–H and O–H groups in total. The van der Waals surface area contributed by atoms with Crippen molar-refractivity contribution in [3.63, 3.8) is 0 Å². The van der Waals surface area contributed by atoms with Crippen molar-refractivity contribution in [3.05, 3.63) is 71.8 Å². The van der Waals surface area contributed by atoms with Gasteiger partial charge in [-0.05, 0) is 50.5 Å². The third-order valence-corrected chi connectivity index (χ3v) is 7.51. The topological polar surface area (TPSA) is 105 Å². The fourth-order valence-electron chi connectivity index (χ4n) is 5.44. The number of hydrogen-bond acceptors (Lipinski definition) is 6. The molecule has 2 amide bonds. The number of halogens is 2. The highest BCUT2D eigenvalue weighted by Crippen LogP contribution is 2.29. The minimum Gasteiger partial charge on any atom is -0.348 e. The van der Waals surface area contributed by atoms with E-state index in [4.69, 9.17) is 0 Å². The van der Waals surface area contributed by atoms with Crippen LogP contribution in [0.15, 0.2) is 48.8 Å². The second-order valence-corrected chi connectivity index (χ2v) is 10.0. The number of piperidine rings is 1. The van der Waals surface area contributed by atoms with E-state index < -0.39 is 29.5 Å². The zero-order valence-electron chi connectivity index (χ0n) is 21.2. The van der Waals surface area contributed by atoms with Crippen LogP contribution < -0.4 is 10.6 Å². The molecule has 1 aromatic carbocycles. The van der Waals surface area contributed by atoms with Crippen LogP contribution in [0, 0.1) is 17.6 Å². The van der Waals surface area contributed by atoms with E-state index in [1.165, 1.54) is 25.1 Å². The summed E-state index contributed by atoms with van der Waals surface area (Å²) in [5.74, 6) is -2.65. The van der Waals surface area contributed by atoms with Crippen molar-refractivity contribution >= 4 is 11.8 Å². The van der Waals surface area contributed by atoms with Crippen LogP contribution in [0.2, 0.25) is 0 Å². The van der Waals surface area contributed by atoms with E-state index in [0.717, 1.165) is 41.9 Å². The number of carbonyl (C=O) groups excluding carboxylic acids is 2. The quantitative estimate of drug-likeness (QED) is 0.493. The third kappa shape index (κ3) is 5.72. The van der Waals surface area contributed by atoms with Gasteiger partial charge in [-0.1, -0.05) is 24.1 Å². The molecule has 1 aliphatic carbocycles. The van der Waals surface area contributed by atoms with Gasteiger partial charge >= 0.3 is 0 Å². The zero-order chi connectivity index (χ0) is 26.6. The lowest BCUT2D eigenvalue weighted by molar-refractivity contribution is -0.128. The first-order chi connectivity index (χ1) is 18.4. The summed E-state index contributed by atoms with van der Waals surface area (Å²) < 4.78 is 28.5. The van der Waals surface area contributed by atoms with Crippen LogP contribution in [0.1, 0.15) is 61.3 Å². The summed E-state index contributed by atoms with van der Waals surface area (Å²) >= 11 is 0. The predicted molar refractivity (Wildman–Crippen MR) is 135 cm³/mol. The summed E-state index contributed by atoms with van der Waals surface area (Å²) in [6, 6.07) is 8.40. The first kappa shape index (κ1) is 25.9. The monoisotopic (exact) mass is 523 g/mol. The molecule has 1 aliphatic heterocycles. The number of nitrogens with one attached hydrogen (secondary N) is 2. The molecule has 1 saturated carbocycles. The minimum absolute atomic E-state index is 0.0204. The Labute approximate surface area is 219 Å². The lowest BCUT2D eigenvalue weighted by atomic mass is 9.89. The van der Waals surface area contributed by atoms with Gasteiger partial charge in [-0.2, -0.15) is 0 Å². The number of rotatable bonds is 7. The Kier molecular flexibility index (Phi) is 7.73. The van der Waals surface area contributed by atoms with Crippen LogP contribution in [-0.2, 0) is 4.79 Å². The number of nitrogens with zero attached hydrogens (tertiary/aromatic N) is 5. The highest BCUT2D eigenvalue weighted by Gasteiger charge is 2.39. The molecule has 11 heteroatoms. The summed E-state index contributed by atoms with van der Waals surface area (Å²) in [4.78, 5) is 33.3. The van der Waals surface area contributed by atoms with Crippen molar-refractivity contribution < 1.29 is 18.4 Å². The van der Waals surface area contributed by atoms with Gasteiger partial charge in [0.05, 0.1) is 23.9 Å². The van der Waals surface area contributed by atoms with Crippen LogP contribution in [0.5, 0.6) is 0 Å². The van der Waals surface area contributed by atoms with E-state index in [2.05, 4.69) is 30.8 Å². The van der Waals surface area contributed by atoms with E-state index >= 15 is 0 Å². The van der Waals surface area contributed by atoms with Gasteiger partial charge in [0.2, 0.25) is 5.91 Å².